The number of hydrogen-bond donors (Lipinski definition) is 1. The third kappa shape index (κ3) is 3.00. The Hall–Kier alpha value is -2.18. The van der Waals surface area contributed by atoms with Crippen LogP contribution in [0, 0.1) is 20.8 Å². The molecule has 1 aromatic carbocycles. The highest BCUT2D eigenvalue weighted by molar-refractivity contribution is 7.18. The molecule has 3 aromatic rings. The number of rotatable bonds is 2. The van der Waals surface area contributed by atoms with Gasteiger partial charge in [-0.3, -0.25) is 4.79 Å². The van der Waals surface area contributed by atoms with Crippen molar-refractivity contribution in [3.63, 3.8) is 0 Å². The molecular weight excluding hydrogens is 334 g/mol. The highest BCUT2D eigenvalue weighted by Crippen LogP contribution is 2.29. The standard InChI is InChI=1S/C16H14ClN3O2S/c1-8-4-11(5-9(2)14(8)22)7-12(17)15-19-20-13(21)6-10(3)18-16(20)23-15/h4-7,22H,1-3H3/b12-7-. The maximum atomic E-state index is 11.9. The molecule has 0 aliphatic heterocycles. The van der Waals surface area contributed by atoms with Crippen LogP contribution in [0.2, 0.25) is 0 Å². The van der Waals surface area contributed by atoms with Crippen molar-refractivity contribution >= 4 is 39.0 Å². The van der Waals surface area contributed by atoms with Crippen LogP contribution in [0.15, 0.2) is 23.0 Å². The number of fused-ring (bicyclic) bond motifs is 1. The average molecular weight is 348 g/mol. The van der Waals surface area contributed by atoms with Crippen LogP contribution >= 0.6 is 22.9 Å². The second-order valence-corrected chi connectivity index (χ2v) is 6.70. The maximum Gasteiger partial charge on any atom is 0.275 e. The van der Waals surface area contributed by atoms with E-state index in [1.165, 1.54) is 21.9 Å². The fourth-order valence-corrected chi connectivity index (χ4v) is 3.44. The molecule has 0 radical (unpaired) electrons. The van der Waals surface area contributed by atoms with Gasteiger partial charge in [0.05, 0.1) is 5.03 Å². The van der Waals surface area contributed by atoms with Crippen molar-refractivity contribution in [3.05, 3.63) is 55.9 Å². The molecule has 0 spiro atoms. The summed E-state index contributed by atoms with van der Waals surface area (Å²) in [5.74, 6) is 0.282. The Morgan fingerprint density at radius 1 is 1.26 bits per heavy atom. The molecule has 5 nitrogen and oxygen atoms in total. The summed E-state index contributed by atoms with van der Waals surface area (Å²) in [6.07, 6.45) is 1.76. The molecule has 0 saturated heterocycles. The SMILES string of the molecule is Cc1cc(=O)n2nc(/C(Cl)=C/c3cc(C)c(O)c(C)c3)sc2n1. The molecule has 2 heterocycles. The molecule has 0 aliphatic rings. The number of benzene rings is 1. The zero-order chi connectivity index (χ0) is 16.7. The molecule has 0 fully saturated rings. The molecule has 23 heavy (non-hydrogen) atoms. The molecule has 0 unspecified atom stereocenters. The Balaban J connectivity index is 2.08. The van der Waals surface area contributed by atoms with E-state index < -0.39 is 0 Å². The number of halogens is 1. The van der Waals surface area contributed by atoms with Gasteiger partial charge in [-0.15, -0.1) is 0 Å². The fraction of sp³-hybridized carbons (Fsp3) is 0.188. The van der Waals surface area contributed by atoms with Crippen molar-refractivity contribution in [1.29, 1.82) is 0 Å². The summed E-state index contributed by atoms with van der Waals surface area (Å²) < 4.78 is 1.25. The molecule has 0 bridgehead atoms. The van der Waals surface area contributed by atoms with Crippen molar-refractivity contribution in [2.45, 2.75) is 20.8 Å². The van der Waals surface area contributed by atoms with Gasteiger partial charge < -0.3 is 5.11 Å². The summed E-state index contributed by atoms with van der Waals surface area (Å²) in [7, 11) is 0. The van der Waals surface area contributed by atoms with Gasteiger partial charge in [0.1, 0.15) is 5.75 Å². The number of phenolic OH excluding ortho intramolecular Hbond substituents is 1. The van der Waals surface area contributed by atoms with Crippen LogP contribution in [0.4, 0.5) is 0 Å². The Morgan fingerprint density at radius 2 is 1.91 bits per heavy atom. The Kier molecular flexibility index (Phi) is 3.95. The lowest BCUT2D eigenvalue weighted by molar-refractivity contribution is 0.467. The van der Waals surface area contributed by atoms with Gasteiger partial charge >= 0.3 is 0 Å². The minimum atomic E-state index is -0.226. The van der Waals surface area contributed by atoms with Crippen LogP contribution in [0.3, 0.4) is 0 Å². The molecule has 3 rings (SSSR count). The van der Waals surface area contributed by atoms with Crippen molar-refractivity contribution in [1.82, 2.24) is 14.6 Å². The van der Waals surface area contributed by atoms with Gasteiger partial charge in [-0.25, -0.2) is 4.98 Å². The van der Waals surface area contributed by atoms with Gasteiger partial charge in [-0.1, -0.05) is 22.9 Å². The van der Waals surface area contributed by atoms with E-state index in [4.69, 9.17) is 11.6 Å². The monoisotopic (exact) mass is 347 g/mol. The fourth-order valence-electron chi connectivity index (χ4n) is 2.30. The quantitative estimate of drug-likeness (QED) is 0.770. The Labute approximate surface area is 141 Å². The van der Waals surface area contributed by atoms with Crippen molar-refractivity contribution in [3.8, 4) is 5.75 Å². The largest absolute Gasteiger partial charge is 0.507 e. The van der Waals surface area contributed by atoms with Crippen LogP contribution in [0.1, 0.15) is 27.4 Å². The summed E-state index contributed by atoms with van der Waals surface area (Å²) in [6.45, 7) is 5.43. The zero-order valence-corrected chi connectivity index (χ0v) is 14.4. The van der Waals surface area contributed by atoms with Gasteiger partial charge in [0.15, 0.2) is 5.01 Å². The normalized spacial score (nSPS) is 12.1. The molecule has 2 aromatic heterocycles. The second-order valence-electron chi connectivity index (χ2n) is 5.33. The van der Waals surface area contributed by atoms with E-state index in [9.17, 15) is 9.90 Å². The minimum Gasteiger partial charge on any atom is -0.507 e. The molecular formula is C16H14ClN3O2S. The molecule has 0 amide bonds. The molecule has 0 saturated carbocycles. The first kappa shape index (κ1) is 15.7. The number of hydrogen-bond acceptors (Lipinski definition) is 5. The van der Waals surface area contributed by atoms with E-state index in [1.807, 2.05) is 26.0 Å². The van der Waals surface area contributed by atoms with Gasteiger partial charge in [0, 0.05) is 11.8 Å². The molecule has 7 heteroatoms. The summed E-state index contributed by atoms with van der Waals surface area (Å²) in [4.78, 5) is 16.7. The van der Waals surface area contributed by atoms with E-state index in [1.54, 1.807) is 13.0 Å². The lowest BCUT2D eigenvalue weighted by Gasteiger charge is -2.05. The zero-order valence-electron chi connectivity index (χ0n) is 12.8. The van der Waals surface area contributed by atoms with Crippen LogP contribution in [-0.2, 0) is 0 Å². The van der Waals surface area contributed by atoms with Crippen molar-refractivity contribution < 1.29 is 5.11 Å². The van der Waals surface area contributed by atoms with Gasteiger partial charge in [-0.05, 0) is 55.7 Å². The number of phenols is 1. The molecule has 1 N–H and O–H groups in total. The average Bonchev–Trinajstić information content (AvgIpc) is 2.89. The van der Waals surface area contributed by atoms with E-state index in [2.05, 4.69) is 10.1 Å². The topological polar surface area (TPSA) is 67.5 Å². The lowest BCUT2D eigenvalue weighted by atomic mass is 10.1. The van der Waals surface area contributed by atoms with Crippen molar-refractivity contribution in [2.24, 2.45) is 0 Å². The molecule has 0 atom stereocenters. The van der Waals surface area contributed by atoms with Gasteiger partial charge in [-0.2, -0.15) is 9.61 Å². The Bertz CT molecular complexity index is 981. The van der Waals surface area contributed by atoms with Crippen LogP contribution < -0.4 is 5.56 Å². The third-order valence-electron chi connectivity index (χ3n) is 3.38. The van der Waals surface area contributed by atoms with Gasteiger partial charge in [0.2, 0.25) is 4.96 Å². The van der Waals surface area contributed by atoms with E-state index in [-0.39, 0.29) is 11.3 Å². The predicted molar refractivity (Wildman–Crippen MR) is 93.2 cm³/mol. The summed E-state index contributed by atoms with van der Waals surface area (Å²) in [5.41, 5.74) is 2.83. The summed E-state index contributed by atoms with van der Waals surface area (Å²) >= 11 is 7.61. The summed E-state index contributed by atoms with van der Waals surface area (Å²) in [5, 5.41) is 15.0. The number of nitrogens with zero attached hydrogens (tertiary/aromatic N) is 3. The van der Waals surface area contributed by atoms with E-state index in [0.29, 0.717) is 20.7 Å². The maximum absolute atomic E-state index is 11.9. The van der Waals surface area contributed by atoms with Crippen molar-refractivity contribution in [2.75, 3.05) is 0 Å². The smallest absolute Gasteiger partial charge is 0.275 e. The summed E-state index contributed by atoms with van der Waals surface area (Å²) in [6, 6.07) is 5.11. The first-order valence-electron chi connectivity index (χ1n) is 6.90. The third-order valence-corrected chi connectivity index (χ3v) is 4.73. The Morgan fingerprint density at radius 3 is 2.57 bits per heavy atom. The predicted octanol–water partition coefficient (Wildman–Crippen LogP) is 3.52. The second kappa shape index (κ2) is 5.79. The van der Waals surface area contributed by atoms with E-state index >= 15 is 0 Å². The number of aromatic nitrogens is 3. The first-order chi connectivity index (χ1) is 10.8. The van der Waals surface area contributed by atoms with Crippen LogP contribution in [0.5, 0.6) is 5.75 Å². The number of aromatic hydroxyl groups is 1. The number of aryl methyl sites for hydroxylation is 3. The highest BCUT2D eigenvalue weighted by Gasteiger charge is 2.11. The highest BCUT2D eigenvalue weighted by atomic mass is 35.5. The minimum absolute atomic E-state index is 0.226. The van der Waals surface area contributed by atoms with Gasteiger partial charge in [0.25, 0.3) is 5.56 Å². The van der Waals surface area contributed by atoms with E-state index in [0.717, 1.165) is 16.7 Å². The molecule has 118 valence electrons. The van der Waals surface area contributed by atoms with Crippen LogP contribution in [0.25, 0.3) is 16.1 Å². The van der Waals surface area contributed by atoms with Crippen LogP contribution in [-0.4, -0.2) is 19.7 Å². The lowest BCUT2D eigenvalue weighted by Crippen LogP contribution is -2.14. The molecule has 0 aliphatic carbocycles. The first-order valence-corrected chi connectivity index (χ1v) is 8.10.